The third-order valence-corrected chi connectivity index (χ3v) is 4.52. The van der Waals surface area contributed by atoms with E-state index >= 15 is 0 Å². The maximum absolute atomic E-state index is 10.4. The lowest BCUT2D eigenvalue weighted by atomic mass is 9.75. The third-order valence-electron chi connectivity index (χ3n) is 4.52. The van der Waals surface area contributed by atoms with Gasteiger partial charge in [-0.25, -0.2) is 0 Å². The van der Waals surface area contributed by atoms with E-state index in [4.69, 9.17) is 0 Å². The van der Waals surface area contributed by atoms with Crippen molar-refractivity contribution in [1.82, 2.24) is 4.90 Å². The Hall–Kier alpha value is -0.0800. The predicted molar refractivity (Wildman–Crippen MR) is 65.0 cm³/mol. The highest BCUT2D eigenvalue weighted by Crippen LogP contribution is 2.36. The van der Waals surface area contributed by atoms with E-state index in [0.29, 0.717) is 0 Å². The molecule has 1 atom stereocenters. The van der Waals surface area contributed by atoms with E-state index < -0.39 is 0 Å². The molecule has 2 heteroatoms. The smallest absolute Gasteiger partial charge is 0.0726 e. The number of nitrogens with zero attached hydrogens (tertiary/aromatic N) is 1. The molecule has 0 saturated heterocycles. The van der Waals surface area contributed by atoms with Crippen LogP contribution in [-0.4, -0.2) is 35.7 Å². The summed E-state index contributed by atoms with van der Waals surface area (Å²) in [6.07, 6.45) is 6.93. The van der Waals surface area contributed by atoms with Crippen LogP contribution in [0.25, 0.3) is 0 Å². The van der Waals surface area contributed by atoms with E-state index in [1.807, 2.05) is 0 Å². The van der Waals surface area contributed by atoms with Crippen molar-refractivity contribution in [2.45, 2.75) is 64.0 Å². The molecule has 0 aromatic carbocycles. The van der Waals surface area contributed by atoms with E-state index in [9.17, 15) is 5.11 Å². The van der Waals surface area contributed by atoms with Crippen LogP contribution < -0.4 is 0 Å². The molecule has 1 N–H and O–H groups in total. The van der Waals surface area contributed by atoms with Gasteiger partial charge in [0.2, 0.25) is 0 Å². The van der Waals surface area contributed by atoms with Gasteiger partial charge in [0.05, 0.1) is 6.10 Å². The summed E-state index contributed by atoms with van der Waals surface area (Å²) in [6, 6.07) is 0. The summed E-state index contributed by atoms with van der Waals surface area (Å²) >= 11 is 0. The van der Waals surface area contributed by atoms with Crippen molar-refractivity contribution in [1.29, 1.82) is 0 Å². The van der Waals surface area contributed by atoms with Crippen molar-refractivity contribution in [3.63, 3.8) is 0 Å². The molecule has 1 unspecified atom stereocenters. The molecule has 0 aromatic rings. The zero-order valence-corrected chi connectivity index (χ0v) is 10.8. The Morgan fingerprint density at radius 1 is 1.27 bits per heavy atom. The summed E-state index contributed by atoms with van der Waals surface area (Å²) in [6.45, 7) is 4.38. The summed E-state index contributed by atoms with van der Waals surface area (Å²) in [5, 5.41) is 10.4. The minimum absolute atomic E-state index is 0.00437. The molecule has 0 amide bonds. The van der Waals surface area contributed by atoms with Crippen molar-refractivity contribution < 1.29 is 5.11 Å². The minimum atomic E-state index is -0.159. The zero-order chi connectivity index (χ0) is 11.5. The number of aliphatic hydroxyl groups excluding tert-OH is 1. The molecule has 15 heavy (non-hydrogen) atoms. The summed E-state index contributed by atoms with van der Waals surface area (Å²) in [5.41, 5.74) is -0.00437. The molecule has 1 aliphatic carbocycles. The maximum atomic E-state index is 10.4. The van der Waals surface area contributed by atoms with Gasteiger partial charge in [0.15, 0.2) is 0 Å². The first kappa shape index (κ1) is 13.0. The highest BCUT2D eigenvalue weighted by molar-refractivity contribution is 4.94. The summed E-state index contributed by atoms with van der Waals surface area (Å²) in [5.74, 6) is 0.789. The van der Waals surface area contributed by atoms with Crippen LogP contribution in [0.15, 0.2) is 0 Å². The minimum Gasteiger partial charge on any atom is -0.391 e. The number of hydrogen-bond donors (Lipinski definition) is 1. The van der Waals surface area contributed by atoms with Crippen LogP contribution in [0.5, 0.6) is 0 Å². The van der Waals surface area contributed by atoms with Crippen LogP contribution >= 0.6 is 0 Å². The maximum Gasteiger partial charge on any atom is 0.0726 e. The van der Waals surface area contributed by atoms with Crippen molar-refractivity contribution >= 4 is 0 Å². The largest absolute Gasteiger partial charge is 0.391 e. The van der Waals surface area contributed by atoms with Crippen molar-refractivity contribution in [3.8, 4) is 0 Å². The fraction of sp³-hybridized carbons (Fsp3) is 1.00. The highest BCUT2D eigenvalue weighted by Gasteiger charge is 2.38. The molecule has 0 aromatic heterocycles. The molecule has 1 saturated carbocycles. The van der Waals surface area contributed by atoms with Gasteiger partial charge < -0.3 is 10.0 Å². The Kier molecular flexibility index (Phi) is 4.60. The highest BCUT2D eigenvalue weighted by atomic mass is 16.3. The van der Waals surface area contributed by atoms with E-state index in [1.165, 1.54) is 19.3 Å². The van der Waals surface area contributed by atoms with Gasteiger partial charge in [-0.1, -0.05) is 33.1 Å². The molecule has 0 bridgehead atoms. The van der Waals surface area contributed by atoms with Gasteiger partial charge in [-0.2, -0.15) is 0 Å². The fourth-order valence-electron chi connectivity index (χ4n) is 2.92. The van der Waals surface area contributed by atoms with Gasteiger partial charge in [-0.05, 0) is 39.3 Å². The molecule has 0 heterocycles. The van der Waals surface area contributed by atoms with E-state index in [1.54, 1.807) is 0 Å². The number of hydrogen-bond acceptors (Lipinski definition) is 2. The van der Waals surface area contributed by atoms with Crippen LogP contribution in [0.2, 0.25) is 0 Å². The van der Waals surface area contributed by atoms with Gasteiger partial charge in [0, 0.05) is 5.54 Å². The SMILES string of the molecule is CCC(CC)(C(O)CC1CCC1)N(C)C. The van der Waals surface area contributed by atoms with Crippen LogP contribution in [0.1, 0.15) is 52.4 Å². The molecule has 1 aliphatic rings. The van der Waals surface area contributed by atoms with E-state index in [0.717, 1.165) is 25.2 Å². The topological polar surface area (TPSA) is 23.5 Å². The summed E-state index contributed by atoms with van der Waals surface area (Å²) < 4.78 is 0. The molecule has 2 nitrogen and oxygen atoms in total. The molecule has 1 fully saturated rings. The Balaban J connectivity index is 2.60. The Bertz CT molecular complexity index is 183. The van der Waals surface area contributed by atoms with Gasteiger partial charge in [-0.3, -0.25) is 0 Å². The first-order valence-electron chi connectivity index (χ1n) is 6.42. The van der Waals surface area contributed by atoms with Crippen LogP contribution in [-0.2, 0) is 0 Å². The average molecular weight is 213 g/mol. The summed E-state index contributed by atoms with van der Waals surface area (Å²) in [4.78, 5) is 2.22. The molecule has 0 radical (unpaired) electrons. The van der Waals surface area contributed by atoms with E-state index in [2.05, 4.69) is 32.8 Å². The second-order valence-corrected chi connectivity index (χ2v) is 5.25. The van der Waals surface area contributed by atoms with Gasteiger partial charge >= 0.3 is 0 Å². The third kappa shape index (κ3) is 2.54. The lowest BCUT2D eigenvalue weighted by molar-refractivity contribution is -0.0323. The van der Waals surface area contributed by atoms with Crippen LogP contribution in [0.3, 0.4) is 0 Å². The average Bonchev–Trinajstić information content (AvgIpc) is 2.14. The van der Waals surface area contributed by atoms with Gasteiger partial charge in [0.1, 0.15) is 0 Å². The molecule has 90 valence electrons. The lowest BCUT2D eigenvalue weighted by Crippen LogP contribution is -2.53. The normalized spacial score (nSPS) is 20.4. The van der Waals surface area contributed by atoms with Crippen molar-refractivity contribution in [3.05, 3.63) is 0 Å². The molecular weight excluding hydrogens is 186 g/mol. The zero-order valence-electron chi connectivity index (χ0n) is 10.8. The van der Waals surface area contributed by atoms with Crippen LogP contribution in [0.4, 0.5) is 0 Å². The predicted octanol–water partition coefficient (Wildman–Crippen LogP) is 2.66. The summed E-state index contributed by atoms with van der Waals surface area (Å²) in [7, 11) is 4.19. The Morgan fingerprint density at radius 3 is 2.07 bits per heavy atom. The van der Waals surface area contributed by atoms with Crippen LogP contribution in [0, 0.1) is 5.92 Å². The van der Waals surface area contributed by atoms with Gasteiger partial charge in [0.25, 0.3) is 0 Å². The van der Waals surface area contributed by atoms with Crippen molar-refractivity contribution in [2.75, 3.05) is 14.1 Å². The molecule has 0 spiro atoms. The molecule has 1 rings (SSSR count). The second-order valence-electron chi connectivity index (χ2n) is 5.25. The Morgan fingerprint density at radius 2 is 1.80 bits per heavy atom. The molecule has 0 aliphatic heterocycles. The number of rotatable bonds is 6. The number of likely N-dealkylation sites (N-methyl/N-ethyl adjacent to an activating group) is 1. The lowest BCUT2D eigenvalue weighted by Gasteiger charge is -2.44. The number of aliphatic hydroxyl groups is 1. The fourth-order valence-corrected chi connectivity index (χ4v) is 2.92. The van der Waals surface area contributed by atoms with E-state index in [-0.39, 0.29) is 11.6 Å². The monoisotopic (exact) mass is 213 g/mol. The van der Waals surface area contributed by atoms with Crippen molar-refractivity contribution in [2.24, 2.45) is 5.92 Å². The standard InChI is InChI=1S/C13H27NO/c1-5-13(6-2,14(3)4)12(15)10-11-8-7-9-11/h11-12,15H,5-10H2,1-4H3. The molecular formula is C13H27NO. The van der Waals surface area contributed by atoms with Gasteiger partial charge in [-0.15, -0.1) is 0 Å². The first-order valence-corrected chi connectivity index (χ1v) is 6.42. The first-order chi connectivity index (χ1) is 7.06. The second kappa shape index (κ2) is 5.31. The quantitative estimate of drug-likeness (QED) is 0.733. The Labute approximate surface area is 94.7 Å².